The molecular weight excluding hydrogens is 441 g/mol. The molecule has 25 heavy (non-hydrogen) atoms. The van der Waals surface area contributed by atoms with Crippen molar-refractivity contribution in [2.45, 2.75) is 60.8 Å². The minimum absolute atomic E-state index is 0.0981. The predicted molar refractivity (Wildman–Crippen MR) is 97.2 cm³/mol. The molecule has 9 nitrogen and oxygen atoms in total. The Morgan fingerprint density at radius 1 is 1.40 bits per heavy atom. The topological polar surface area (TPSA) is 129 Å². The molecule has 2 aliphatic rings. The van der Waals surface area contributed by atoms with Crippen LogP contribution in [0.15, 0.2) is 6.33 Å². The predicted octanol–water partition coefficient (Wildman–Crippen LogP) is 1.13. The molecule has 4 N–H and O–H groups in total. The van der Waals surface area contributed by atoms with E-state index in [0.29, 0.717) is 11.2 Å². The van der Waals surface area contributed by atoms with Gasteiger partial charge in [0.25, 0.3) is 0 Å². The standard InChI is InChI=1S/C15H20IN5O4/c1-7-15(16,23)10(22)13(24-7)21-6-18-9-11(17)19-14(20-12(9)21)25-8-4-2-3-5-8/h6-8,10,13,22-23H,2-5H2,1H3,(H2,17,19,20)/t7-,10+,13-,15+/m1/s1. The fourth-order valence-corrected chi connectivity index (χ4v) is 3.80. The summed E-state index contributed by atoms with van der Waals surface area (Å²) in [5.74, 6) is 0.210. The molecule has 1 aliphatic heterocycles. The van der Waals surface area contributed by atoms with Crippen LogP contribution in [0.4, 0.5) is 5.82 Å². The van der Waals surface area contributed by atoms with E-state index >= 15 is 0 Å². The van der Waals surface area contributed by atoms with E-state index in [9.17, 15) is 10.2 Å². The van der Waals surface area contributed by atoms with E-state index in [2.05, 4.69) is 15.0 Å². The Balaban J connectivity index is 1.71. The summed E-state index contributed by atoms with van der Waals surface area (Å²) in [5.41, 5.74) is 6.81. The fourth-order valence-electron chi connectivity index (χ4n) is 3.35. The molecule has 0 amide bonds. The fraction of sp³-hybridized carbons (Fsp3) is 0.667. The van der Waals surface area contributed by atoms with Crippen molar-refractivity contribution in [1.29, 1.82) is 0 Å². The average Bonchev–Trinajstić information content (AvgIpc) is 3.25. The van der Waals surface area contributed by atoms with Gasteiger partial charge >= 0.3 is 6.01 Å². The van der Waals surface area contributed by atoms with Gasteiger partial charge in [0.15, 0.2) is 26.8 Å². The molecule has 2 aromatic heterocycles. The lowest BCUT2D eigenvalue weighted by Crippen LogP contribution is -2.40. The van der Waals surface area contributed by atoms with Crippen LogP contribution in [0, 0.1) is 0 Å². The number of aliphatic hydroxyl groups is 2. The summed E-state index contributed by atoms with van der Waals surface area (Å²) in [5, 5.41) is 20.8. The number of aliphatic hydroxyl groups excluding tert-OH is 1. The number of aromatic nitrogens is 4. The van der Waals surface area contributed by atoms with Crippen LogP contribution in [0.3, 0.4) is 0 Å². The molecule has 0 spiro atoms. The number of imidazole rings is 1. The molecule has 4 rings (SSSR count). The van der Waals surface area contributed by atoms with Crippen molar-refractivity contribution in [3.05, 3.63) is 6.33 Å². The van der Waals surface area contributed by atoms with Crippen LogP contribution >= 0.6 is 22.6 Å². The van der Waals surface area contributed by atoms with Crippen molar-refractivity contribution in [1.82, 2.24) is 19.5 Å². The van der Waals surface area contributed by atoms with Crippen LogP contribution in [-0.4, -0.2) is 51.7 Å². The zero-order chi connectivity index (χ0) is 17.8. The highest BCUT2D eigenvalue weighted by atomic mass is 127. The third kappa shape index (κ3) is 2.84. The summed E-state index contributed by atoms with van der Waals surface area (Å²) < 4.78 is 11.7. The lowest BCUT2D eigenvalue weighted by molar-refractivity contribution is -0.0301. The molecule has 2 fully saturated rings. The van der Waals surface area contributed by atoms with Crippen molar-refractivity contribution < 1.29 is 19.7 Å². The summed E-state index contributed by atoms with van der Waals surface area (Å²) in [6, 6.07) is 0.198. The summed E-state index contributed by atoms with van der Waals surface area (Å²) >= 11 is 1.79. The van der Waals surface area contributed by atoms with E-state index in [0.717, 1.165) is 25.7 Å². The Morgan fingerprint density at radius 3 is 2.76 bits per heavy atom. The highest BCUT2D eigenvalue weighted by molar-refractivity contribution is 14.1. The van der Waals surface area contributed by atoms with Gasteiger partial charge in [-0.3, -0.25) is 4.57 Å². The Morgan fingerprint density at radius 2 is 2.12 bits per heavy atom. The van der Waals surface area contributed by atoms with Gasteiger partial charge in [-0.2, -0.15) is 9.97 Å². The number of hydrogen-bond donors (Lipinski definition) is 3. The Labute approximate surface area is 157 Å². The number of nitrogen functional groups attached to an aromatic ring is 1. The lowest BCUT2D eigenvalue weighted by Gasteiger charge is -2.22. The molecule has 3 heterocycles. The molecule has 1 saturated heterocycles. The van der Waals surface area contributed by atoms with Gasteiger partial charge in [-0.05, 0) is 55.2 Å². The SMILES string of the molecule is C[C@H]1O[C@@H](n2cnc3c(N)nc(OC4CCCC4)nc32)[C@H](O)[C@]1(O)I. The molecule has 0 radical (unpaired) electrons. The van der Waals surface area contributed by atoms with Crippen LogP contribution in [0.5, 0.6) is 6.01 Å². The molecule has 10 heteroatoms. The first-order valence-electron chi connectivity index (χ1n) is 8.29. The van der Waals surface area contributed by atoms with Crippen molar-refractivity contribution in [2.75, 3.05) is 5.73 Å². The smallest absolute Gasteiger partial charge is 0.320 e. The summed E-state index contributed by atoms with van der Waals surface area (Å²) in [6.45, 7) is 1.70. The van der Waals surface area contributed by atoms with E-state index in [4.69, 9.17) is 15.2 Å². The lowest BCUT2D eigenvalue weighted by atomic mass is 10.1. The van der Waals surface area contributed by atoms with Gasteiger partial charge in [-0.1, -0.05) is 0 Å². The quantitative estimate of drug-likeness (QED) is 0.459. The molecule has 0 bridgehead atoms. The highest BCUT2D eigenvalue weighted by Gasteiger charge is 2.52. The maximum Gasteiger partial charge on any atom is 0.320 e. The molecule has 1 aliphatic carbocycles. The number of ether oxygens (including phenoxy) is 2. The maximum atomic E-state index is 10.4. The summed E-state index contributed by atoms with van der Waals surface area (Å²) in [4.78, 5) is 12.8. The number of nitrogens with zero attached hydrogens (tertiary/aromatic N) is 4. The second-order valence-corrected chi connectivity index (χ2v) is 8.31. The number of alkyl halides is 1. The number of fused-ring (bicyclic) bond motifs is 1. The molecule has 0 aromatic carbocycles. The van der Waals surface area contributed by atoms with Crippen molar-refractivity contribution in [2.24, 2.45) is 0 Å². The van der Waals surface area contributed by atoms with E-state index in [1.54, 1.807) is 34.1 Å². The molecule has 136 valence electrons. The van der Waals surface area contributed by atoms with Crippen LogP contribution < -0.4 is 10.5 Å². The van der Waals surface area contributed by atoms with Crippen LogP contribution in [0.25, 0.3) is 11.2 Å². The third-order valence-corrected chi connectivity index (χ3v) is 6.39. The number of rotatable bonds is 3. The first kappa shape index (κ1) is 17.2. The molecule has 2 aromatic rings. The average molecular weight is 461 g/mol. The number of hydrogen-bond acceptors (Lipinski definition) is 8. The third-order valence-electron chi connectivity index (χ3n) is 4.87. The van der Waals surface area contributed by atoms with Crippen LogP contribution in [-0.2, 0) is 4.74 Å². The Kier molecular flexibility index (Phi) is 4.25. The van der Waals surface area contributed by atoms with Crippen molar-refractivity contribution in [3.63, 3.8) is 0 Å². The van der Waals surface area contributed by atoms with Crippen molar-refractivity contribution >= 4 is 39.6 Å². The van der Waals surface area contributed by atoms with Gasteiger partial charge in [0.2, 0.25) is 0 Å². The van der Waals surface area contributed by atoms with Gasteiger partial charge in [-0.25, -0.2) is 4.98 Å². The monoisotopic (exact) mass is 461 g/mol. The number of anilines is 1. The largest absolute Gasteiger partial charge is 0.460 e. The second kappa shape index (κ2) is 6.18. The number of nitrogens with two attached hydrogens (primary N) is 1. The van der Waals surface area contributed by atoms with E-state index in [1.807, 2.05) is 0 Å². The second-order valence-electron chi connectivity index (χ2n) is 6.58. The van der Waals surface area contributed by atoms with E-state index in [1.165, 1.54) is 6.33 Å². The minimum Gasteiger partial charge on any atom is -0.460 e. The first-order chi connectivity index (χ1) is 11.9. The van der Waals surface area contributed by atoms with Crippen LogP contribution in [0.1, 0.15) is 38.8 Å². The highest BCUT2D eigenvalue weighted by Crippen LogP contribution is 2.42. The van der Waals surface area contributed by atoms with Crippen LogP contribution in [0.2, 0.25) is 0 Å². The summed E-state index contributed by atoms with van der Waals surface area (Å²) in [6.07, 6.45) is 3.28. The zero-order valence-corrected chi connectivity index (χ0v) is 15.8. The van der Waals surface area contributed by atoms with Gasteiger partial charge in [0.1, 0.15) is 12.2 Å². The van der Waals surface area contributed by atoms with E-state index in [-0.39, 0.29) is 17.9 Å². The normalized spacial score (nSPS) is 33.4. The Hall–Kier alpha value is -1.24. The van der Waals surface area contributed by atoms with Gasteiger partial charge in [-0.15, -0.1) is 0 Å². The van der Waals surface area contributed by atoms with Gasteiger partial charge < -0.3 is 25.4 Å². The molecular formula is C15H20IN5O4. The molecule has 0 unspecified atom stereocenters. The van der Waals surface area contributed by atoms with Gasteiger partial charge in [0, 0.05) is 0 Å². The maximum absolute atomic E-state index is 10.4. The Bertz CT molecular complexity index is 792. The number of halogens is 1. The molecule has 4 atom stereocenters. The molecule has 1 saturated carbocycles. The minimum atomic E-state index is -1.40. The first-order valence-corrected chi connectivity index (χ1v) is 9.37. The van der Waals surface area contributed by atoms with Gasteiger partial charge in [0.05, 0.1) is 12.4 Å². The summed E-state index contributed by atoms with van der Waals surface area (Å²) in [7, 11) is 0. The zero-order valence-electron chi connectivity index (χ0n) is 13.7. The van der Waals surface area contributed by atoms with E-state index < -0.39 is 22.0 Å². The van der Waals surface area contributed by atoms with Crippen molar-refractivity contribution in [3.8, 4) is 6.01 Å².